The van der Waals surface area contributed by atoms with Gasteiger partial charge >= 0.3 is 11.9 Å². The highest BCUT2D eigenvalue weighted by Crippen LogP contribution is 2.38. The van der Waals surface area contributed by atoms with E-state index in [0.717, 1.165) is 0 Å². The molecule has 3 aromatic carbocycles. The summed E-state index contributed by atoms with van der Waals surface area (Å²) in [4.78, 5) is 25.4. The van der Waals surface area contributed by atoms with E-state index in [9.17, 15) is 9.59 Å². The molecule has 0 aliphatic rings. The molecule has 33 heavy (non-hydrogen) atoms. The molecule has 0 bridgehead atoms. The van der Waals surface area contributed by atoms with Gasteiger partial charge in [-0.15, -0.1) is 0 Å². The van der Waals surface area contributed by atoms with Crippen LogP contribution in [0.25, 0.3) is 0 Å². The first-order valence-corrected chi connectivity index (χ1v) is 10.1. The number of carbonyl (C=O) groups is 2. The maximum absolute atomic E-state index is 12.8. The predicted molar refractivity (Wildman–Crippen MR) is 119 cm³/mol. The second-order valence-electron chi connectivity index (χ2n) is 7.45. The average molecular weight is 440 g/mol. The molecule has 0 aliphatic heterocycles. The number of carbonyl (C=O) groups excluding carboxylic acids is 2. The third-order valence-electron chi connectivity index (χ3n) is 4.41. The Hall–Kier alpha value is -4.62. The second kappa shape index (κ2) is 10.6. The fourth-order valence-corrected chi connectivity index (χ4v) is 2.72. The van der Waals surface area contributed by atoms with Gasteiger partial charge in [-0.1, -0.05) is 19.9 Å². The van der Waals surface area contributed by atoms with E-state index in [1.165, 1.54) is 54.6 Å². The van der Waals surface area contributed by atoms with Crippen LogP contribution in [0, 0.1) is 28.6 Å². The highest BCUT2D eigenvalue weighted by atomic mass is 16.6. The van der Waals surface area contributed by atoms with Crippen molar-refractivity contribution in [2.45, 2.75) is 13.8 Å². The normalized spacial score (nSPS) is 10.1. The topological polar surface area (TPSA) is 109 Å². The number of esters is 2. The molecule has 3 aromatic rings. The summed E-state index contributed by atoms with van der Waals surface area (Å²) in [6, 6.07) is 20.6. The highest BCUT2D eigenvalue weighted by molar-refractivity contribution is 5.93. The van der Waals surface area contributed by atoms with Crippen LogP contribution in [0.5, 0.6) is 17.2 Å². The molecule has 164 valence electrons. The number of hydrogen-bond acceptors (Lipinski definition) is 7. The first kappa shape index (κ1) is 23.1. The zero-order valence-electron chi connectivity index (χ0n) is 18.1. The Morgan fingerprint density at radius 3 is 1.73 bits per heavy atom. The Bertz CT molecular complexity index is 1230. The Morgan fingerprint density at radius 2 is 1.24 bits per heavy atom. The van der Waals surface area contributed by atoms with Crippen molar-refractivity contribution in [2.24, 2.45) is 5.92 Å². The fraction of sp³-hybridized carbons (Fsp3) is 0.154. The van der Waals surface area contributed by atoms with Crippen molar-refractivity contribution >= 4 is 11.9 Å². The van der Waals surface area contributed by atoms with Crippen LogP contribution in [0.3, 0.4) is 0 Å². The Morgan fingerprint density at radius 1 is 0.758 bits per heavy atom. The summed E-state index contributed by atoms with van der Waals surface area (Å²) in [5, 5.41) is 17.9. The van der Waals surface area contributed by atoms with Crippen LogP contribution in [0.2, 0.25) is 0 Å². The van der Waals surface area contributed by atoms with Crippen LogP contribution < -0.4 is 14.2 Å². The van der Waals surface area contributed by atoms with Gasteiger partial charge in [-0.05, 0) is 66.6 Å². The SMILES string of the molecule is CC(C)COc1cccc(OC(=O)c2ccc(C#N)cc2)c1OC(=O)c1ccc(C#N)cc1. The third-order valence-corrected chi connectivity index (χ3v) is 4.41. The van der Waals surface area contributed by atoms with E-state index in [0.29, 0.717) is 17.7 Å². The van der Waals surface area contributed by atoms with Gasteiger partial charge in [0.2, 0.25) is 5.75 Å². The predicted octanol–water partition coefficient (Wildman–Crippen LogP) is 4.90. The number of nitrogens with zero attached hydrogens (tertiary/aromatic N) is 2. The van der Waals surface area contributed by atoms with Gasteiger partial charge in [0.25, 0.3) is 0 Å². The number of ether oxygens (including phenoxy) is 3. The van der Waals surface area contributed by atoms with Gasteiger partial charge in [-0.3, -0.25) is 0 Å². The monoisotopic (exact) mass is 440 g/mol. The first-order valence-electron chi connectivity index (χ1n) is 10.1. The molecular weight excluding hydrogens is 420 g/mol. The standard InChI is InChI=1S/C26H20N2O5/c1-17(2)16-31-22-4-3-5-23(32-25(29)20-10-6-18(14-27)7-11-20)24(22)33-26(30)21-12-8-19(15-28)9-13-21/h3-13,17H,16H2,1-2H3. The second-order valence-corrected chi connectivity index (χ2v) is 7.45. The zero-order chi connectivity index (χ0) is 23.8. The van der Waals surface area contributed by atoms with Crippen molar-refractivity contribution in [2.75, 3.05) is 6.61 Å². The summed E-state index contributed by atoms with van der Waals surface area (Å²) in [7, 11) is 0. The van der Waals surface area contributed by atoms with Crippen molar-refractivity contribution in [3.05, 3.63) is 89.0 Å². The maximum atomic E-state index is 12.8. The molecule has 0 saturated carbocycles. The Labute approximate surface area is 191 Å². The summed E-state index contributed by atoms with van der Waals surface area (Å²) in [5.74, 6) is -0.957. The van der Waals surface area contributed by atoms with Crippen LogP contribution in [-0.2, 0) is 0 Å². The lowest BCUT2D eigenvalue weighted by Gasteiger charge is -2.16. The van der Waals surface area contributed by atoms with Gasteiger partial charge in [-0.25, -0.2) is 9.59 Å². The van der Waals surface area contributed by atoms with Crippen molar-refractivity contribution in [3.8, 4) is 29.4 Å². The minimum atomic E-state index is -0.698. The first-order chi connectivity index (χ1) is 15.9. The molecule has 0 aromatic heterocycles. The maximum Gasteiger partial charge on any atom is 0.343 e. The average Bonchev–Trinajstić information content (AvgIpc) is 2.84. The summed E-state index contributed by atoms with van der Waals surface area (Å²) in [5.41, 5.74) is 1.26. The molecule has 0 amide bonds. The van der Waals surface area contributed by atoms with Gasteiger partial charge in [0.15, 0.2) is 11.5 Å². The molecule has 0 saturated heterocycles. The van der Waals surface area contributed by atoms with Crippen LogP contribution in [-0.4, -0.2) is 18.5 Å². The van der Waals surface area contributed by atoms with E-state index in [4.69, 9.17) is 24.7 Å². The minimum Gasteiger partial charge on any atom is -0.489 e. The van der Waals surface area contributed by atoms with Crippen molar-refractivity contribution in [1.29, 1.82) is 10.5 Å². The zero-order valence-corrected chi connectivity index (χ0v) is 18.1. The third kappa shape index (κ3) is 5.96. The number of rotatable bonds is 7. The summed E-state index contributed by atoms with van der Waals surface area (Å²) >= 11 is 0. The number of para-hydroxylation sites is 1. The minimum absolute atomic E-state index is 0.00705. The van der Waals surface area contributed by atoms with E-state index in [-0.39, 0.29) is 34.3 Å². The molecule has 0 aliphatic carbocycles. The number of hydrogen-bond donors (Lipinski definition) is 0. The summed E-state index contributed by atoms with van der Waals surface area (Å²) in [6.07, 6.45) is 0. The molecule has 7 heteroatoms. The van der Waals surface area contributed by atoms with E-state index in [1.807, 2.05) is 26.0 Å². The quantitative estimate of drug-likeness (QED) is 0.379. The molecular formula is C26H20N2O5. The lowest BCUT2D eigenvalue weighted by molar-refractivity contribution is 0.0676. The van der Waals surface area contributed by atoms with Crippen LogP contribution >= 0.6 is 0 Å². The molecule has 3 rings (SSSR count). The van der Waals surface area contributed by atoms with Gasteiger partial charge in [-0.2, -0.15) is 10.5 Å². The largest absolute Gasteiger partial charge is 0.489 e. The van der Waals surface area contributed by atoms with Gasteiger partial charge in [0.1, 0.15) is 0 Å². The van der Waals surface area contributed by atoms with Crippen molar-refractivity contribution in [3.63, 3.8) is 0 Å². The molecule has 0 spiro atoms. The van der Waals surface area contributed by atoms with E-state index < -0.39 is 11.9 Å². The molecule has 0 radical (unpaired) electrons. The lowest BCUT2D eigenvalue weighted by Crippen LogP contribution is -2.14. The molecule has 0 unspecified atom stereocenters. The number of nitriles is 2. The smallest absolute Gasteiger partial charge is 0.343 e. The fourth-order valence-electron chi connectivity index (χ4n) is 2.72. The van der Waals surface area contributed by atoms with E-state index >= 15 is 0 Å². The number of benzene rings is 3. The summed E-state index contributed by atoms with van der Waals surface area (Å²) in [6.45, 7) is 4.29. The van der Waals surface area contributed by atoms with Crippen LogP contribution in [0.4, 0.5) is 0 Å². The van der Waals surface area contributed by atoms with Crippen molar-refractivity contribution in [1.82, 2.24) is 0 Å². The van der Waals surface area contributed by atoms with E-state index in [2.05, 4.69) is 0 Å². The molecule has 0 N–H and O–H groups in total. The highest BCUT2D eigenvalue weighted by Gasteiger charge is 2.21. The molecule has 0 fully saturated rings. The summed E-state index contributed by atoms with van der Waals surface area (Å²) < 4.78 is 16.9. The molecule has 0 heterocycles. The van der Waals surface area contributed by atoms with Crippen LogP contribution in [0.15, 0.2) is 66.7 Å². The lowest BCUT2D eigenvalue weighted by atomic mass is 10.1. The molecule has 7 nitrogen and oxygen atoms in total. The van der Waals surface area contributed by atoms with Gasteiger partial charge in [0, 0.05) is 0 Å². The van der Waals surface area contributed by atoms with Crippen LogP contribution in [0.1, 0.15) is 45.7 Å². The Balaban J connectivity index is 1.90. The van der Waals surface area contributed by atoms with Gasteiger partial charge in [0.05, 0.1) is 41.0 Å². The molecule has 0 atom stereocenters. The van der Waals surface area contributed by atoms with Crippen molar-refractivity contribution < 1.29 is 23.8 Å². The van der Waals surface area contributed by atoms with Gasteiger partial charge < -0.3 is 14.2 Å². The van der Waals surface area contributed by atoms with E-state index in [1.54, 1.807) is 12.1 Å². The Kier molecular flexibility index (Phi) is 7.41.